The Balaban J connectivity index is 2.07. The zero-order valence-electron chi connectivity index (χ0n) is 17.5. The summed E-state index contributed by atoms with van der Waals surface area (Å²) >= 11 is 0. The van der Waals surface area contributed by atoms with E-state index in [0.29, 0.717) is 13.1 Å². The van der Waals surface area contributed by atoms with E-state index in [9.17, 15) is 17.6 Å². The quantitative estimate of drug-likeness (QED) is 0.430. The molecule has 1 aliphatic rings. The first kappa shape index (κ1) is 23.0. The fourth-order valence-electron chi connectivity index (χ4n) is 3.06. The number of anilines is 1. The van der Waals surface area contributed by atoms with Crippen LogP contribution in [-0.2, 0) is 4.43 Å². The molecule has 0 aliphatic carbocycles. The first-order valence-electron chi connectivity index (χ1n) is 9.61. The molecule has 2 rings (SSSR count). The van der Waals surface area contributed by atoms with Gasteiger partial charge in [0.2, 0.25) is 0 Å². The lowest BCUT2D eigenvalue weighted by Gasteiger charge is -2.45. The minimum Gasteiger partial charge on any atom is -0.484 e. The van der Waals surface area contributed by atoms with Crippen LogP contribution >= 0.6 is 0 Å². The molecule has 28 heavy (non-hydrogen) atoms. The van der Waals surface area contributed by atoms with Crippen LogP contribution in [0.4, 0.5) is 23.2 Å². The molecule has 2 atom stereocenters. The van der Waals surface area contributed by atoms with Crippen LogP contribution in [0.15, 0.2) is 18.2 Å². The summed E-state index contributed by atoms with van der Waals surface area (Å²) in [5.41, 5.74) is 0.275. The first-order chi connectivity index (χ1) is 12.7. The van der Waals surface area contributed by atoms with Gasteiger partial charge in [-0.1, -0.05) is 27.7 Å². The van der Waals surface area contributed by atoms with Gasteiger partial charge in [-0.3, -0.25) is 0 Å². The summed E-state index contributed by atoms with van der Waals surface area (Å²) < 4.78 is 62.8. The Bertz CT molecular complexity index is 673. The molecule has 1 heterocycles. The Morgan fingerprint density at radius 3 is 2.36 bits per heavy atom. The number of rotatable bonds is 5. The van der Waals surface area contributed by atoms with E-state index in [0.717, 1.165) is 12.5 Å². The van der Waals surface area contributed by atoms with Crippen molar-refractivity contribution >= 4 is 14.0 Å². The van der Waals surface area contributed by atoms with Crippen molar-refractivity contribution in [2.75, 3.05) is 24.6 Å². The average Bonchev–Trinajstić information content (AvgIpc) is 2.54. The van der Waals surface area contributed by atoms with E-state index in [1.54, 1.807) is 0 Å². The number of nitrogens with zero attached hydrogens (tertiary/aromatic N) is 1. The van der Waals surface area contributed by atoms with E-state index in [2.05, 4.69) is 40.8 Å². The lowest BCUT2D eigenvalue weighted by Crippen LogP contribution is -2.50. The van der Waals surface area contributed by atoms with E-state index in [1.807, 2.05) is 4.90 Å². The van der Waals surface area contributed by atoms with Crippen molar-refractivity contribution in [3.8, 4) is 5.75 Å². The molecular formula is C20H31F4NO2Si. The van der Waals surface area contributed by atoms with Crippen molar-refractivity contribution < 1.29 is 26.7 Å². The largest absolute Gasteiger partial charge is 0.484 e. The van der Waals surface area contributed by atoms with Gasteiger partial charge in [0.05, 0.1) is 11.8 Å². The topological polar surface area (TPSA) is 21.7 Å². The lowest BCUT2D eigenvalue weighted by atomic mass is 9.96. The van der Waals surface area contributed by atoms with E-state index in [1.165, 1.54) is 12.1 Å². The second-order valence-electron chi connectivity index (χ2n) is 9.15. The van der Waals surface area contributed by atoms with Crippen molar-refractivity contribution in [3.63, 3.8) is 0 Å². The second-order valence-corrected chi connectivity index (χ2v) is 13.9. The predicted octanol–water partition coefficient (Wildman–Crippen LogP) is 6.00. The summed E-state index contributed by atoms with van der Waals surface area (Å²) in [6.45, 7) is 12.9. The molecule has 0 amide bonds. The molecule has 1 aromatic carbocycles. The number of benzene rings is 1. The van der Waals surface area contributed by atoms with Gasteiger partial charge in [-0.2, -0.15) is 13.2 Å². The molecule has 1 aromatic rings. The molecular weight excluding hydrogens is 390 g/mol. The van der Waals surface area contributed by atoms with Gasteiger partial charge in [-0.15, -0.1) is 0 Å². The third-order valence-electron chi connectivity index (χ3n) is 5.74. The van der Waals surface area contributed by atoms with Gasteiger partial charge in [-0.05, 0) is 42.6 Å². The molecule has 0 unspecified atom stereocenters. The highest BCUT2D eigenvalue weighted by atomic mass is 28.4. The van der Waals surface area contributed by atoms with Crippen LogP contribution in [0.3, 0.4) is 0 Å². The van der Waals surface area contributed by atoms with Crippen LogP contribution < -0.4 is 9.64 Å². The number of alkyl halides is 3. The second kappa shape index (κ2) is 8.22. The smallest absolute Gasteiger partial charge is 0.422 e. The van der Waals surface area contributed by atoms with E-state index in [4.69, 9.17) is 9.16 Å². The van der Waals surface area contributed by atoms with Gasteiger partial charge >= 0.3 is 6.18 Å². The van der Waals surface area contributed by atoms with Gasteiger partial charge < -0.3 is 14.1 Å². The zero-order valence-corrected chi connectivity index (χ0v) is 18.5. The summed E-state index contributed by atoms with van der Waals surface area (Å²) in [5, 5.41) is 0.111. The van der Waals surface area contributed by atoms with Crippen LogP contribution in [-0.4, -0.2) is 40.3 Å². The average molecular weight is 422 g/mol. The highest BCUT2D eigenvalue weighted by Gasteiger charge is 2.41. The van der Waals surface area contributed by atoms with Crippen LogP contribution in [0.25, 0.3) is 0 Å². The molecule has 0 aromatic heterocycles. The Kier molecular flexibility index (Phi) is 6.75. The fourth-order valence-corrected chi connectivity index (χ4v) is 4.52. The summed E-state index contributed by atoms with van der Waals surface area (Å²) in [6, 6.07) is 3.73. The molecule has 0 bridgehead atoms. The van der Waals surface area contributed by atoms with Crippen molar-refractivity contribution in [3.05, 3.63) is 24.0 Å². The predicted molar refractivity (Wildman–Crippen MR) is 106 cm³/mol. The molecule has 0 radical (unpaired) electrons. The van der Waals surface area contributed by atoms with Gasteiger partial charge in [0.15, 0.2) is 14.9 Å². The number of hydrogen-bond donors (Lipinski definition) is 0. The standard InChI is InChI=1S/C20H31F4NO2Si/c1-14-12-25(10-9-18(14)27-28(5,6)19(2,3)4)17-11-15(7-8-16(17)21)26-13-20(22,23)24/h7-8,11,14,18H,9-10,12-13H2,1-6H3/t14-,18+/m0/s1. The Morgan fingerprint density at radius 2 is 1.82 bits per heavy atom. The maximum Gasteiger partial charge on any atom is 0.422 e. The maximum atomic E-state index is 14.3. The van der Waals surface area contributed by atoms with E-state index in [-0.39, 0.29) is 28.5 Å². The first-order valence-corrected chi connectivity index (χ1v) is 12.5. The van der Waals surface area contributed by atoms with Crippen LogP contribution in [0.1, 0.15) is 34.1 Å². The summed E-state index contributed by atoms with van der Waals surface area (Å²) in [6.07, 6.45) is -3.58. The lowest BCUT2D eigenvalue weighted by molar-refractivity contribution is -0.153. The third kappa shape index (κ3) is 5.86. The normalized spacial score (nSPS) is 21.7. The molecule has 1 saturated heterocycles. The Morgan fingerprint density at radius 1 is 1.18 bits per heavy atom. The molecule has 8 heteroatoms. The zero-order chi connectivity index (χ0) is 21.3. The molecule has 0 spiro atoms. The van der Waals surface area contributed by atoms with Crippen molar-refractivity contribution in [1.29, 1.82) is 0 Å². The fraction of sp³-hybridized carbons (Fsp3) is 0.700. The molecule has 3 nitrogen and oxygen atoms in total. The van der Waals surface area contributed by atoms with Crippen LogP contribution in [0.2, 0.25) is 18.1 Å². The highest BCUT2D eigenvalue weighted by Crippen LogP contribution is 2.39. The molecule has 1 aliphatic heterocycles. The minimum absolute atomic E-state index is 0.0148. The Labute approximate surface area is 166 Å². The maximum absolute atomic E-state index is 14.3. The van der Waals surface area contributed by atoms with Crippen molar-refractivity contribution in [2.45, 2.75) is 64.5 Å². The number of piperidine rings is 1. The van der Waals surface area contributed by atoms with Crippen molar-refractivity contribution in [2.24, 2.45) is 5.92 Å². The Hall–Kier alpha value is -1.28. The van der Waals surface area contributed by atoms with E-state index < -0.39 is 26.9 Å². The summed E-state index contributed by atoms with van der Waals surface area (Å²) in [4.78, 5) is 1.87. The van der Waals surface area contributed by atoms with Gasteiger partial charge in [0.1, 0.15) is 11.6 Å². The van der Waals surface area contributed by atoms with Crippen molar-refractivity contribution in [1.82, 2.24) is 0 Å². The monoisotopic (exact) mass is 421 g/mol. The number of ether oxygens (including phenoxy) is 1. The molecule has 0 saturated carbocycles. The third-order valence-corrected chi connectivity index (χ3v) is 10.2. The highest BCUT2D eigenvalue weighted by molar-refractivity contribution is 6.74. The number of hydrogen-bond acceptors (Lipinski definition) is 3. The molecule has 0 N–H and O–H groups in total. The number of halogens is 4. The van der Waals surface area contributed by atoms with Crippen LogP contribution in [0, 0.1) is 11.7 Å². The van der Waals surface area contributed by atoms with Gasteiger partial charge in [0.25, 0.3) is 0 Å². The summed E-state index contributed by atoms with van der Waals surface area (Å²) in [7, 11) is -1.90. The van der Waals surface area contributed by atoms with Gasteiger partial charge in [-0.25, -0.2) is 4.39 Å². The molecule has 160 valence electrons. The van der Waals surface area contributed by atoms with Crippen LogP contribution in [0.5, 0.6) is 5.75 Å². The molecule has 1 fully saturated rings. The SMILES string of the molecule is C[C@H]1CN(c2cc(OCC(F)(F)F)ccc2F)CC[C@H]1O[Si](C)(C)C(C)(C)C. The van der Waals surface area contributed by atoms with E-state index >= 15 is 0 Å². The minimum atomic E-state index is -4.43. The summed E-state index contributed by atoms with van der Waals surface area (Å²) in [5.74, 6) is -0.265. The van der Waals surface area contributed by atoms with Gasteiger partial charge in [0, 0.05) is 19.2 Å².